The van der Waals surface area contributed by atoms with Crippen LogP contribution >= 0.6 is 0 Å². The van der Waals surface area contributed by atoms with Gasteiger partial charge in [0.25, 0.3) is 0 Å². The van der Waals surface area contributed by atoms with Gasteiger partial charge in [-0.1, -0.05) is 18.2 Å². The number of nitrogens with zero attached hydrogens (tertiary/aromatic N) is 1. The van der Waals surface area contributed by atoms with Crippen LogP contribution in [0.1, 0.15) is 11.3 Å². The lowest BCUT2D eigenvalue weighted by Gasteiger charge is -2.06. The summed E-state index contributed by atoms with van der Waals surface area (Å²) in [6, 6.07) is 10.6. The molecule has 88 valence electrons. The topological polar surface area (TPSA) is 65.4 Å². The largest absolute Gasteiger partial charge is 0.508 e. The summed E-state index contributed by atoms with van der Waals surface area (Å²) in [5, 5.41) is 21.8. The molecule has 2 aromatic rings. The van der Waals surface area contributed by atoms with Crippen molar-refractivity contribution in [2.75, 3.05) is 0 Å². The molecule has 1 aromatic heterocycles. The van der Waals surface area contributed by atoms with E-state index < -0.39 is 0 Å². The fourth-order valence-electron chi connectivity index (χ4n) is 1.51. The molecule has 4 heteroatoms. The lowest BCUT2D eigenvalue weighted by molar-refractivity contribution is 0.464. The first-order chi connectivity index (χ1) is 8.25. The summed E-state index contributed by atoms with van der Waals surface area (Å²) in [5.74, 6) is 0.452. The van der Waals surface area contributed by atoms with Crippen molar-refractivity contribution in [3.8, 4) is 11.5 Å². The Hall–Kier alpha value is -2.07. The number of para-hydroxylation sites is 1. The number of hydrogen-bond donors (Lipinski definition) is 3. The number of nitrogens with one attached hydrogen (secondary N) is 1. The van der Waals surface area contributed by atoms with Crippen molar-refractivity contribution in [1.29, 1.82) is 0 Å². The second-order valence-corrected chi connectivity index (χ2v) is 3.74. The van der Waals surface area contributed by atoms with Crippen LogP contribution in [-0.2, 0) is 13.1 Å². The smallest absolute Gasteiger partial charge is 0.133 e. The highest BCUT2D eigenvalue weighted by molar-refractivity contribution is 5.31. The van der Waals surface area contributed by atoms with Gasteiger partial charge in [-0.15, -0.1) is 0 Å². The van der Waals surface area contributed by atoms with Crippen LogP contribution in [-0.4, -0.2) is 15.2 Å². The van der Waals surface area contributed by atoms with E-state index in [0.717, 1.165) is 11.3 Å². The van der Waals surface area contributed by atoms with Crippen molar-refractivity contribution in [1.82, 2.24) is 10.3 Å². The molecule has 0 saturated heterocycles. The van der Waals surface area contributed by atoms with Gasteiger partial charge in [0.05, 0.1) is 11.9 Å². The Morgan fingerprint density at radius 1 is 1.00 bits per heavy atom. The number of aromatic nitrogens is 1. The van der Waals surface area contributed by atoms with Gasteiger partial charge in [0.1, 0.15) is 11.5 Å². The molecule has 0 spiro atoms. The first kappa shape index (κ1) is 11.4. The monoisotopic (exact) mass is 230 g/mol. The summed E-state index contributed by atoms with van der Waals surface area (Å²) in [6.45, 7) is 1.17. The fourth-order valence-corrected chi connectivity index (χ4v) is 1.51. The molecule has 17 heavy (non-hydrogen) atoms. The molecule has 1 aromatic carbocycles. The maximum atomic E-state index is 9.56. The Kier molecular flexibility index (Phi) is 3.57. The first-order valence-corrected chi connectivity index (χ1v) is 5.37. The molecular weight excluding hydrogens is 216 g/mol. The van der Waals surface area contributed by atoms with Gasteiger partial charge < -0.3 is 15.5 Å². The van der Waals surface area contributed by atoms with Gasteiger partial charge in [0.15, 0.2) is 0 Å². The Bertz CT molecular complexity index is 483. The number of phenolic OH excluding ortho intramolecular Hbond substituents is 1. The van der Waals surface area contributed by atoms with Crippen LogP contribution in [0.15, 0.2) is 42.6 Å². The van der Waals surface area contributed by atoms with Crippen LogP contribution in [0.4, 0.5) is 0 Å². The molecule has 3 N–H and O–H groups in total. The molecule has 0 radical (unpaired) electrons. The minimum atomic E-state index is 0.162. The Morgan fingerprint density at radius 3 is 2.53 bits per heavy atom. The van der Waals surface area contributed by atoms with Crippen molar-refractivity contribution in [3.63, 3.8) is 0 Å². The third-order valence-corrected chi connectivity index (χ3v) is 2.42. The van der Waals surface area contributed by atoms with E-state index in [4.69, 9.17) is 5.11 Å². The molecule has 0 unspecified atom stereocenters. The first-order valence-electron chi connectivity index (χ1n) is 5.37. The highest BCUT2D eigenvalue weighted by Crippen LogP contribution is 2.15. The minimum Gasteiger partial charge on any atom is -0.508 e. The Labute approximate surface area is 99.6 Å². The zero-order valence-corrected chi connectivity index (χ0v) is 9.30. The lowest BCUT2D eigenvalue weighted by Crippen LogP contribution is -2.13. The molecule has 0 amide bonds. The summed E-state index contributed by atoms with van der Waals surface area (Å²) in [6.07, 6.45) is 1.41. The second kappa shape index (κ2) is 5.32. The van der Waals surface area contributed by atoms with Gasteiger partial charge in [-0.05, 0) is 18.2 Å². The van der Waals surface area contributed by atoms with E-state index in [2.05, 4.69) is 10.3 Å². The predicted octanol–water partition coefficient (Wildman–Crippen LogP) is 1.78. The summed E-state index contributed by atoms with van der Waals surface area (Å²) < 4.78 is 0. The van der Waals surface area contributed by atoms with Gasteiger partial charge in [-0.25, -0.2) is 0 Å². The maximum Gasteiger partial charge on any atom is 0.133 e. The zero-order valence-electron chi connectivity index (χ0n) is 9.30. The van der Waals surface area contributed by atoms with E-state index >= 15 is 0 Å². The number of pyridine rings is 1. The molecule has 0 saturated carbocycles. The predicted molar refractivity (Wildman–Crippen MR) is 64.6 cm³/mol. The molecule has 0 atom stereocenters. The van der Waals surface area contributed by atoms with Crippen molar-refractivity contribution < 1.29 is 10.2 Å². The van der Waals surface area contributed by atoms with E-state index in [1.807, 2.05) is 12.1 Å². The summed E-state index contributed by atoms with van der Waals surface area (Å²) >= 11 is 0. The molecule has 2 rings (SSSR count). The van der Waals surface area contributed by atoms with Crippen LogP contribution in [0.3, 0.4) is 0 Å². The maximum absolute atomic E-state index is 9.56. The lowest BCUT2D eigenvalue weighted by atomic mass is 10.2. The Morgan fingerprint density at radius 2 is 1.82 bits per heavy atom. The molecule has 0 aliphatic heterocycles. The molecule has 1 heterocycles. The number of rotatable bonds is 4. The Balaban J connectivity index is 1.88. The van der Waals surface area contributed by atoms with E-state index in [-0.39, 0.29) is 5.75 Å². The van der Waals surface area contributed by atoms with Gasteiger partial charge in [0, 0.05) is 18.7 Å². The molecule has 0 aliphatic rings. The number of aromatic hydroxyl groups is 2. The van der Waals surface area contributed by atoms with Crippen LogP contribution < -0.4 is 5.32 Å². The number of benzene rings is 1. The van der Waals surface area contributed by atoms with E-state index in [9.17, 15) is 5.11 Å². The van der Waals surface area contributed by atoms with E-state index in [1.54, 1.807) is 24.3 Å². The van der Waals surface area contributed by atoms with Crippen LogP contribution in [0.25, 0.3) is 0 Å². The molecule has 0 aliphatic carbocycles. The van der Waals surface area contributed by atoms with Gasteiger partial charge in [0.2, 0.25) is 0 Å². The van der Waals surface area contributed by atoms with Crippen LogP contribution in [0, 0.1) is 0 Å². The van der Waals surface area contributed by atoms with Crippen molar-refractivity contribution >= 4 is 0 Å². The zero-order chi connectivity index (χ0) is 12.1. The summed E-state index contributed by atoms with van der Waals surface area (Å²) in [5.41, 5.74) is 1.70. The van der Waals surface area contributed by atoms with Crippen molar-refractivity contribution in [2.45, 2.75) is 13.1 Å². The third kappa shape index (κ3) is 3.19. The fraction of sp³-hybridized carbons (Fsp3) is 0.154. The summed E-state index contributed by atoms with van der Waals surface area (Å²) in [7, 11) is 0. The summed E-state index contributed by atoms with van der Waals surface area (Å²) in [4.78, 5) is 4.06. The number of hydrogen-bond acceptors (Lipinski definition) is 4. The SMILES string of the molecule is Oc1ccc(CNCc2ccccc2O)nc1. The molecule has 0 bridgehead atoms. The highest BCUT2D eigenvalue weighted by atomic mass is 16.3. The molecule has 0 fully saturated rings. The van der Waals surface area contributed by atoms with Gasteiger partial charge >= 0.3 is 0 Å². The molecular formula is C13H14N2O2. The number of phenols is 1. The average Bonchev–Trinajstić information content (AvgIpc) is 2.34. The van der Waals surface area contributed by atoms with Gasteiger partial charge in [-0.2, -0.15) is 0 Å². The average molecular weight is 230 g/mol. The standard InChI is InChI=1S/C13H14N2O2/c16-12-6-5-11(15-9-12)8-14-7-10-3-1-2-4-13(10)17/h1-6,9,14,16-17H,7-8H2. The highest BCUT2D eigenvalue weighted by Gasteiger charge is 1.99. The quantitative estimate of drug-likeness (QED) is 0.749. The van der Waals surface area contributed by atoms with Crippen molar-refractivity contribution in [2.24, 2.45) is 0 Å². The third-order valence-electron chi connectivity index (χ3n) is 2.42. The van der Waals surface area contributed by atoms with Crippen LogP contribution in [0.2, 0.25) is 0 Å². The van der Waals surface area contributed by atoms with Gasteiger partial charge in [-0.3, -0.25) is 4.98 Å². The van der Waals surface area contributed by atoms with E-state index in [1.165, 1.54) is 6.20 Å². The minimum absolute atomic E-state index is 0.162. The second-order valence-electron chi connectivity index (χ2n) is 3.74. The van der Waals surface area contributed by atoms with Crippen LogP contribution in [0.5, 0.6) is 11.5 Å². The normalized spacial score (nSPS) is 10.4. The van der Waals surface area contributed by atoms with Crippen molar-refractivity contribution in [3.05, 3.63) is 53.9 Å². The van der Waals surface area contributed by atoms with E-state index in [0.29, 0.717) is 18.8 Å². The molecule has 4 nitrogen and oxygen atoms in total.